The highest BCUT2D eigenvalue weighted by molar-refractivity contribution is 5.86. The lowest BCUT2D eigenvalue weighted by Gasteiger charge is -2.03. The molecule has 0 spiro atoms. The number of carbonyl (C=O) groups is 1. The van der Waals surface area contributed by atoms with Gasteiger partial charge < -0.3 is 4.74 Å². The van der Waals surface area contributed by atoms with Gasteiger partial charge in [0.25, 0.3) is 0 Å². The Morgan fingerprint density at radius 2 is 1.60 bits per heavy atom. The smallest absolute Gasteiger partial charge is 0.333 e. The van der Waals surface area contributed by atoms with Crippen LogP contribution < -0.4 is 0 Å². The van der Waals surface area contributed by atoms with Crippen LogP contribution in [0.3, 0.4) is 0 Å². The lowest BCUT2D eigenvalue weighted by Crippen LogP contribution is -2.05. The summed E-state index contributed by atoms with van der Waals surface area (Å²) in [7, 11) is 0. The van der Waals surface area contributed by atoms with E-state index in [2.05, 4.69) is 6.58 Å². The molecule has 0 heterocycles. The molecule has 0 atom stereocenters. The van der Waals surface area contributed by atoms with Crippen LogP contribution in [0.1, 0.15) is 45.4 Å². The molecule has 0 bridgehead atoms. The summed E-state index contributed by atoms with van der Waals surface area (Å²) in [5.74, 6) is -0.304. The first-order valence-corrected chi connectivity index (χ1v) is 5.59. The van der Waals surface area contributed by atoms with Crippen molar-refractivity contribution in [1.82, 2.24) is 0 Å². The molecule has 0 aliphatic carbocycles. The Bertz CT molecular complexity index is 187. The molecule has 0 saturated heterocycles. The van der Waals surface area contributed by atoms with E-state index >= 15 is 0 Å². The molecule has 0 aromatic carbocycles. The van der Waals surface area contributed by atoms with Gasteiger partial charge in [-0.2, -0.15) is 0 Å². The summed E-state index contributed by atoms with van der Waals surface area (Å²) in [6.45, 7) is 5.66. The van der Waals surface area contributed by atoms with Crippen LogP contribution in [0.25, 0.3) is 0 Å². The van der Waals surface area contributed by atoms with E-state index in [4.69, 9.17) is 4.74 Å². The van der Waals surface area contributed by atoms with Gasteiger partial charge in [-0.15, -0.1) is 0 Å². The Hall–Kier alpha value is -0.830. The van der Waals surface area contributed by atoms with E-state index in [1.54, 1.807) is 6.92 Å². The van der Waals surface area contributed by atoms with Gasteiger partial charge in [-0.1, -0.05) is 32.3 Å². The Balaban J connectivity index is 3.11. The molecule has 0 amide bonds. The second-order valence-electron chi connectivity index (χ2n) is 3.74. The highest BCUT2D eigenvalue weighted by Crippen LogP contribution is 2.05. The lowest BCUT2D eigenvalue weighted by molar-refractivity contribution is -0.139. The van der Waals surface area contributed by atoms with E-state index in [-0.39, 0.29) is 12.6 Å². The molecule has 0 rings (SSSR count). The average molecular weight is 213 g/mol. The SMILES string of the molecule is C=C(C)C(=O)OCCCCCCCC[O]. The first-order chi connectivity index (χ1) is 7.18. The minimum atomic E-state index is -0.304. The fourth-order valence-electron chi connectivity index (χ4n) is 1.20. The number of hydrogen-bond acceptors (Lipinski definition) is 2. The number of ether oxygens (including phenoxy) is 1. The second-order valence-corrected chi connectivity index (χ2v) is 3.74. The standard InChI is InChI=1S/C12H21O3/c1-11(2)12(14)15-10-8-6-4-3-5-7-9-13/h1,3-10H2,2H3. The summed E-state index contributed by atoms with van der Waals surface area (Å²) in [5, 5.41) is 10.1. The molecule has 0 saturated carbocycles. The van der Waals surface area contributed by atoms with Gasteiger partial charge in [-0.05, 0) is 19.8 Å². The minimum Gasteiger partial charge on any atom is -0.462 e. The van der Waals surface area contributed by atoms with Gasteiger partial charge in [0.15, 0.2) is 0 Å². The van der Waals surface area contributed by atoms with Gasteiger partial charge in [-0.3, -0.25) is 0 Å². The van der Waals surface area contributed by atoms with Crippen molar-refractivity contribution < 1.29 is 14.6 Å². The number of hydrogen-bond donors (Lipinski definition) is 0. The number of esters is 1. The summed E-state index contributed by atoms with van der Waals surface area (Å²) in [6.07, 6.45) is 5.99. The van der Waals surface area contributed by atoms with E-state index in [1.807, 2.05) is 0 Å². The molecule has 0 aromatic heterocycles. The highest BCUT2D eigenvalue weighted by atomic mass is 16.5. The molecule has 3 heteroatoms. The highest BCUT2D eigenvalue weighted by Gasteiger charge is 2.01. The predicted octanol–water partition coefficient (Wildman–Crippen LogP) is 2.88. The van der Waals surface area contributed by atoms with Crippen molar-refractivity contribution in [2.75, 3.05) is 13.2 Å². The number of carbonyl (C=O) groups excluding carboxylic acids is 1. The molecule has 0 fully saturated rings. The van der Waals surface area contributed by atoms with Crippen molar-refractivity contribution in [2.45, 2.75) is 45.4 Å². The van der Waals surface area contributed by atoms with Gasteiger partial charge in [0.1, 0.15) is 0 Å². The summed E-state index contributed by atoms with van der Waals surface area (Å²) in [5.41, 5.74) is 0.449. The first kappa shape index (κ1) is 14.2. The van der Waals surface area contributed by atoms with Gasteiger partial charge >= 0.3 is 5.97 Å². The zero-order valence-electron chi connectivity index (χ0n) is 9.59. The zero-order chi connectivity index (χ0) is 11.5. The monoisotopic (exact) mass is 213 g/mol. The van der Waals surface area contributed by atoms with Crippen molar-refractivity contribution in [1.29, 1.82) is 0 Å². The maximum absolute atomic E-state index is 11.0. The summed E-state index contributed by atoms with van der Waals surface area (Å²) in [6, 6.07) is 0. The summed E-state index contributed by atoms with van der Waals surface area (Å²) >= 11 is 0. The Labute approximate surface area is 92.1 Å². The molecule has 0 aliphatic rings. The quantitative estimate of drug-likeness (QED) is 0.336. The molecule has 3 nitrogen and oxygen atoms in total. The third-order valence-electron chi connectivity index (χ3n) is 2.12. The van der Waals surface area contributed by atoms with Crippen molar-refractivity contribution >= 4 is 5.97 Å². The summed E-state index contributed by atoms with van der Waals surface area (Å²) < 4.78 is 4.94. The molecule has 1 radical (unpaired) electrons. The summed E-state index contributed by atoms with van der Waals surface area (Å²) in [4.78, 5) is 11.0. The normalized spacial score (nSPS) is 10.0. The topological polar surface area (TPSA) is 46.2 Å². The Kier molecular flexibility index (Phi) is 9.18. The van der Waals surface area contributed by atoms with Gasteiger partial charge in [-0.25, -0.2) is 9.90 Å². The molecular formula is C12H21O3. The van der Waals surface area contributed by atoms with E-state index in [0.29, 0.717) is 12.2 Å². The molecular weight excluding hydrogens is 192 g/mol. The zero-order valence-corrected chi connectivity index (χ0v) is 9.59. The Morgan fingerprint density at radius 3 is 2.13 bits per heavy atom. The molecule has 87 valence electrons. The van der Waals surface area contributed by atoms with Gasteiger partial charge in [0, 0.05) is 5.57 Å². The molecule has 15 heavy (non-hydrogen) atoms. The van der Waals surface area contributed by atoms with Crippen LogP contribution in [-0.4, -0.2) is 19.2 Å². The molecule has 0 unspecified atom stereocenters. The number of unbranched alkanes of at least 4 members (excludes halogenated alkanes) is 5. The van der Waals surface area contributed by atoms with Crippen molar-refractivity contribution in [2.24, 2.45) is 0 Å². The van der Waals surface area contributed by atoms with Crippen LogP contribution in [0, 0.1) is 0 Å². The predicted molar refractivity (Wildman–Crippen MR) is 59.0 cm³/mol. The minimum absolute atomic E-state index is 0.0379. The van der Waals surface area contributed by atoms with Crippen molar-refractivity contribution in [3.63, 3.8) is 0 Å². The number of rotatable bonds is 9. The van der Waals surface area contributed by atoms with Gasteiger partial charge in [0.2, 0.25) is 0 Å². The molecule has 0 aliphatic heterocycles. The third kappa shape index (κ3) is 9.47. The lowest BCUT2D eigenvalue weighted by atomic mass is 10.1. The van der Waals surface area contributed by atoms with Crippen LogP contribution in [0.15, 0.2) is 12.2 Å². The van der Waals surface area contributed by atoms with Crippen molar-refractivity contribution in [3.8, 4) is 0 Å². The van der Waals surface area contributed by atoms with E-state index in [9.17, 15) is 9.90 Å². The van der Waals surface area contributed by atoms with Crippen molar-refractivity contribution in [3.05, 3.63) is 12.2 Å². The Morgan fingerprint density at radius 1 is 1.07 bits per heavy atom. The van der Waals surface area contributed by atoms with Crippen LogP contribution in [0.5, 0.6) is 0 Å². The van der Waals surface area contributed by atoms with Crippen LogP contribution in [0.4, 0.5) is 0 Å². The van der Waals surface area contributed by atoms with E-state index < -0.39 is 0 Å². The van der Waals surface area contributed by atoms with E-state index in [1.165, 1.54) is 0 Å². The fourth-order valence-corrected chi connectivity index (χ4v) is 1.20. The largest absolute Gasteiger partial charge is 0.462 e. The van der Waals surface area contributed by atoms with Crippen LogP contribution in [0.2, 0.25) is 0 Å². The molecule has 0 aromatic rings. The maximum Gasteiger partial charge on any atom is 0.333 e. The average Bonchev–Trinajstić information content (AvgIpc) is 2.21. The van der Waals surface area contributed by atoms with E-state index in [0.717, 1.165) is 38.5 Å². The maximum atomic E-state index is 11.0. The molecule has 0 N–H and O–H groups in total. The first-order valence-electron chi connectivity index (χ1n) is 5.59. The fraction of sp³-hybridized carbons (Fsp3) is 0.750. The third-order valence-corrected chi connectivity index (χ3v) is 2.12. The van der Waals surface area contributed by atoms with Crippen LogP contribution >= 0.6 is 0 Å². The van der Waals surface area contributed by atoms with Gasteiger partial charge in [0.05, 0.1) is 13.2 Å². The second kappa shape index (κ2) is 9.71. The van der Waals surface area contributed by atoms with Crippen LogP contribution in [-0.2, 0) is 14.6 Å².